The van der Waals surface area contributed by atoms with Gasteiger partial charge in [-0.3, -0.25) is 4.79 Å². The van der Waals surface area contributed by atoms with Gasteiger partial charge in [0.15, 0.2) is 0 Å². The van der Waals surface area contributed by atoms with Crippen molar-refractivity contribution in [1.29, 1.82) is 0 Å². The topological polar surface area (TPSA) is 49.3 Å². The summed E-state index contributed by atoms with van der Waals surface area (Å²) in [5.74, 6) is 0.405. The van der Waals surface area contributed by atoms with Gasteiger partial charge in [-0.25, -0.2) is 4.39 Å². The van der Waals surface area contributed by atoms with E-state index in [1.165, 1.54) is 12.1 Å². The van der Waals surface area contributed by atoms with E-state index in [1.54, 1.807) is 12.1 Å². The fourth-order valence-electron chi connectivity index (χ4n) is 3.86. The molecule has 0 bridgehead atoms. The molecule has 0 aromatic heterocycles. The number of rotatable bonds is 4. The maximum atomic E-state index is 13.1. The predicted octanol–water partition coefficient (Wildman–Crippen LogP) is 2.70. The van der Waals surface area contributed by atoms with Crippen molar-refractivity contribution in [1.82, 2.24) is 5.32 Å². The first-order chi connectivity index (χ1) is 10.1. The lowest BCUT2D eigenvalue weighted by Gasteiger charge is -2.36. The highest BCUT2D eigenvalue weighted by Crippen LogP contribution is 2.75. The highest BCUT2D eigenvalue weighted by atomic mass is 19.1. The third-order valence-electron chi connectivity index (χ3n) is 5.70. The van der Waals surface area contributed by atoms with Crippen LogP contribution in [-0.2, 0) is 4.79 Å². The van der Waals surface area contributed by atoms with Crippen LogP contribution in [0.15, 0.2) is 24.3 Å². The second-order valence-corrected chi connectivity index (χ2v) is 7.03. The van der Waals surface area contributed by atoms with Crippen LogP contribution < -0.4 is 5.32 Å². The number of carbonyl (C=O) groups is 1. The molecule has 21 heavy (non-hydrogen) atoms. The van der Waals surface area contributed by atoms with Crippen molar-refractivity contribution < 1.29 is 14.3 Å². The smallest absolute Gasteiger partial charge is 0.227 e. The van der Waals surface area contributed by atoms with Crippen LogP contribution in [0.4, 0.5) is 4.39 Å². The van der Waals surface area contributed by atoms with Gasteiger partial charge in [0.05, 0.1) is 11.0 Å². The SMILES string of the molecule is O=C(NC1(C(O)c2ccc(F)cc2)CCCC1)C12CC1C2. The molecule has 3 fully saturated rings. The summed E-state index contributed by atoms with van der Waals surface area (Å²) in [6.45, 7) is 0. The number of fused-ring (bicyclic) bond motifs is 1. The van der Waals surface area contributed by atoms with Crippen LogP contribution in [0.3, 0.4) is 0 Å². The second kappa shape index (κ2) is 4.29. The third kappa shape index (κ3) is 2.00. The molecular weight excluding hydrogens is 269 g/mol. The Labute approximate surface area is 123 Å². The number of benzene rings is 1. The number of hydrogen-bond acceptors (Lipinski definition) is 2. The van der Waals surface area contributed by atoms with E-state index in [4.69, 9.17) is 0 Å². The summed E-state index contributed by atoms with van der Waals surface area (Å²) in [5, 5.41) is 13.9. The largest absolute Gasteiger partial charge is 0.386 e. The summed E-state index contributed by atoms with van der Waals surface area (Å²) in [6.07, 6.45) is 4.86. The molecule has 2 N–H and O–H groups in total. The van der Waals surface area contributed by atoms with E-state index in [9.17, 15) is 14.3 Å². The monoisotopic (exact) mass is 289 g/mol. The Kier molecular flexibility index (Phi) is 2.71. The summed E-state index contributed by atoms with van der Waals surface area (Å²) in [7, 11) is 0. The first kappa shape index (κ1) is 13.3. The van der Waals surface area contributed by atoms with Crippen molar-refractivity contribution in [3.05, 3.63) is 35.6 Å². The van der Waals surface area contributed by atoms with E-state index in [0.717, 1.165) is 38.5 Å². The Bertz CT molecular complexity index is 571. The molecule has 1 amide bonds. The molecule has 0 spiro atoms. The standard InChI is InChI=1S/C17H20FNO2/c18-13-5-3-11(4-6-13)14(20)17(7-1-2-8-17)19-15(21)16-9-12(16)10-16/h3-6,12,14,20H,1-2,7-10H2,(H,19,21). The molecule has 1 unspecified atom stereocenters. The molecule has 3 nitrogen and oxygen atoms in total. The average Bonchev–Trinajstić information content (AvgIpc) is 3.29. The number of nitrogens with one attached hydrogen (secondary N) is 1. The Morgan fingerprint density at radius 1 is 1.24 bits per heavy atom. The van der Waals surface area contributed by atoms with E-state index in [2.05, 4.69) is 5.32 Å². The van der Waals surface area contributed by atoms with E-state index < -0.39 is 11.6 Å². The first-order valence-electron chi connectivity index (χ1n) is 7.82. The zero-order valence-corrected chi connectivity index (χ0v) is 11.9. The van der Waals surface area contributed by atoms with E-state index >= 15 is 0 Å². The number of amides is 1. The Morgan fingerprint density at radius 3 is 2.33 bits per heavy atom. The van der Waals surface area contributed by atoms with Gasteiger partial charge in [-0.05, 0) is 49.3 Å². The Morgan fingerprint density at radius 2 is 1.81 bits per heavy atom. The van der Waals surface area contributed by atoms with E-state index in [1.807, 2.05) is 0 Å². The first-order valence-corrected chi connectivity index (χ1v) is 7.82. The molecule has 3 saturated carbocycles. The number of aliphatic hydroxyl groups excluding tert-OH is 1. The minimum Gasteiger partial charge on any atom is -0.386 e. The molecule has 3 aliphatic rings. The van der Waals surface area contributed by atoms with Gasteiger partial charge in [0.2, 0.25) is 5.91 Å². The van der Waals surface area contributed by atoms with Crippen LogP contribution in [-0.4, -0.2) is 16.6 Å². The molecule has 1 aromatic rings. The quantitative estimate of drug-likeness (QED) is 0.895. The lowest BCUT2D eigenvalue weighted by Crippen LogP contribution is -2.52. The molecular formula is C17H20FNO2. The molecule has 0 aliphatic heterocycles. The summed E-state index contributed by atoms with van der Waals surface area (Å²) in [6, 6.07) is 5.95. The number of halogens is 1. The van der Waals surface area contributed by atoms with E-state index in [0.29, 0.717) is 11.5 Å². The van der Waals surface area contributed by atoms with Crippen LogP contribution in [0.25, 0.3) is 0 Å². The van der Waals surface area contributed by atoms with Gasteiger partial charge in [0.25, 0.3) is 0 Å². The van der Waals surface area contributed by atoms with Gasteiger partial charge in [0, 0.05) is 0 Å². The fraction of sp³-hybridized carbons (Fsp3) is 0.588. The highest BCUT2D eigenvalue weighted by Gasteiger charge is 2.75. The predicted molar refractivity (Wildman–Crippen MR) is 75.9 cm³/mol. The van der Waals surface area contributed by atoms with Gasteiger partial charge < -0.3 is 10.4 Å². The van der Waals surface area contributed by atoms with Gasteiger partial charge >= 0.3 is 0 Å². The lowest BCUT2D eigenvalue weighted by atomic mass is 9.85. The molecule has 4 rings (SSSR count). The summed E-state index contributed by atoms with van der Waals surface area (Å²) < 4.78 is 13.1. The van der Waals surface area contributed by atoms with Crippen molar-refractivity contribution in [3.8, 4) is 0 Å². The third-order valence-corrected chi connectivity index (χ3v) is 5.70. The average molecular weight is 289 g/mol. The Balaban J connectivity index is 1.57. The molecule has 0 saturated heterocycles. The fourth-order valence-corrected chi connectivity index (χ4v) is 3.86. The maximum Gasteiger partial charge on any atom is 0.227 e. The van der Waals surface area contributed by atoms with Crippen LogP contribution in [0.1, 0.15) is 50.2 Å². The van der Waals surface area contributed by atoms with Crippen molar-refractivity contribution in [3.63, 3.8) is 0 Å². The van der Waals surface area contributed by atoms with Crippen molar-refractivity contribution >= 4 is 5.91 Å². The highest BCUT2D eigenvalue weighted by molar-refractivity contribution is 5.90. The van der Waals surface area contributed by atoms with Crippen molar-refractivity contribution in [2.45, 2.75) is 50.2 Å². The molecule has 1 aromatic carbocycles. The van der Waals surface area contributed by atoms with Crippen LogP contribution in [0, 0.1) is 17.2 Å². The van der Waals surface area contributed by atoms with Gasteiger partial charge in [0.1, 0.15) is 11.9 Å². The second-order valence-electron chi connectivity index (χ2n) is 7.03. The summed E-state index contributed by atoms with van der Waals surface area (Å²) >= 11 is 0. The molecule has 0 heterocycles. The number of hydrogen-bond donors (Lipinski definition) is 2. The molecule has 3 aliphatic carbocycles. The van der Waals surface area contributed by atoms with Crippen molar-refractivity contribution in [2.24, 2.45) is 11.3 Å². The maximum absolute atomic E-state index is 13.1. The minimum absolute atomic E-state index is 0.0852. The zero-order chi connectivity index (χ0) is 14.7. The molecule has 4 heteroatoms. The lowest BCUT2D eigenvalue weighted by molar-refractivity contribution is -0.128. The van der Waals surface area contributed by atoms with Crippen LogP contribution in [0.5, 0.6) is 0 Å². The summed E-state index contributed by atoms with van der Waals surface area (Å²) in [4.78, 5) is 12.4. The van der Waals surface area contributed by atoms with Gasteiger partial charge in [-0.2, -0.15) is 0 Å². The Hall–Kier alpha value is -1.42. The van der Waals surface area contributed by atoms with Crippen LogP contribution in [0.2, 0.25) is 0 Å². The molecule has 1 atom stereocenters. The molecule has 112 valence electrons. The summed E-state index contributed by atoms with van der Waals surface area (Å²) in [5.41, 5.74) is 0.0246. The van der Waals surface area contributed by atoms with Crippen LogP contribution >= 0.6 is 0 Å². The number of aliphatic hydroxyl groups is 1. The molecule has 0 radical (unpaired) electrons. The van der Waals surface area contributed by atoms with E-state index in [-0.39, 0.29) is 17.1 Å². The normalized spacial score (nSPS) is 33.1. The van der Waals surface area contributed by atoms with Crippen molar-refractivity contribution in [2.75, 3.05) is 0 Å². The number of carbonyl (C=O) groups excluding carboxylic acids is 1. The minimum atomic E-state index is -0.767. The zero-order valence-electron chi connectivity index (χ0n) is 11.9. The van der Waals surface area contributed by atoms with Gasteiger partial charge in [-0.1, -0.05) is 25.0 Å². The van der Waals surface area contributed by atoms with Gasteiger partial charge in [-0.15, -0.1) is 0 Å².